The Morgan fingerprint density at radius 1 is 1.00 bits per heavy atom. The molecule has 0 radical (unpaired) electrons. The maximum absolute atomic E-state index is 12.3. The van der Waals surface area contributed by atoms with Crippen LogP contribution in [0.4, 0.5) is 4.79 Å². The van der Waals surface area contributed by atoms with E-state index in [1.54, 1.807) is 0 Å². The predicted molar refractivity (Wildman–Crippen MR) is 117 cm³/mol. The first-order valence-electron chi connectivity index (χ1n) is 10.3. The number of carboxylic acid groups (broad SMARTS) is 1. The molecule has 0 unspecified atom stereocenters. The molecule has 1 atom stereocenters. The molecule has 7 heteroatoms. The number of carbonyl (C=O) groups is 3. The van der Waals surface area contributed by atoms with Crippen molar-refractivity contribution in [3.05, 3.63) is 59.7 Å². The van der Waals surface area contributed by atoms with Crippen LogP contribution in [-0.4, -0.2) is 41.3 Å². The number of rotatable bonds is 7. The summed E-state index contributed by atoms with van der Waals surface area (Å²) in [6.45, 7) is 5.62. The van der Waals surface area contributed by atoms with Gasteiger partial charge in [0.1, 0.15) is 12.6 Å². The smallest absolute Gasteiger partial charge is 0.407 e. The molecule has 0 aromatic heterocycles. The predicted octanol–water partition coefficient (Wildman–Crippen LogP) is 3.67. The molecular weight excluding hydrogens is 396 g/mol. The lowest BCUT2D eigenvalue weighted by Crippen LogP contribution is -2.44. The van der Waals surface area contributed by atoms with Crippen LogP contribution in [0.5, 0.6) is 0 Å². The van der Waals surface area contributed by atoms with Crippen molar-refractivity contribution in [2.24, 2.45) is 0 Å². The maximum Gasteiger partial charge on any atom is 0.407 e. The molecule has 0 aliphatic heterocycles. The zero-order valence-corrected chi connectivity index (χ0v) is 18.0. The quantitative estimate of drug-likeness (QED) is 0.629. The highest BCUT2D eigenvalue weighted by atomic mass is 16.5. The molecule has 3 rings (SSSR count). The van der Waals surface area contributed by atoms with Crippen LogP contribution >= 0.6 is 0 Å². The standard InChI is InChI=1S/C24H28N2O5/c1-24(2,3)26-21(27)13-12-20(22(28)29)25-23(30)31-14-19-17-10-6-4-8-15(17)16-9-5-7-11-18(16)19/h4-11,19-20H,12-14H2,1-3H3,(H,25,30)(H,26,27)(H,28,29)/t20-/m0/s1. The van der Waals surface area contributed by atoms with Gasteiger partial charge in [-0.25, -0.2) is 9.59 Å². The van der Waals surface area contributed by atoms with Crippen LogP contribution < -0.4 is 10.6 Å². The van der Waals surface area contributed by atoms with Crippen LogP contribution in [0.25, 0.3) is 11.1 Å². The van der Waals surface area contributed by atoms with E-state index in [9.17, 15) is 19.5 Å². The zero-order valence-electron chi connectivity index (χ0n) is 18.0. The van der Waals surface area contributed by atoms with E-state index in [1.807, 2.05) is 69.3 Å². The monoisotopic (exact) mass is 424 g/mol. The van der Waals surface area contributed by atoms with Crippen LogP contribution in [0.1, 0.15) is 50.7 Å². The summed E-state index contributed by atoms with van der Waals surface area (Å²) in [5.41, 5.74) is 3.96. The van der Waals surface area contributed by atoms with Gasteiger partial charge < -0.3 is 20.5 Å². The van der Waals surface area contributed by atoms with Crippen molar-refractivity contribution < 1.29 is 24.2 Å². The number of nitrogens with one attached hydrogen (secondary N) is 2. The first kappa shape index (κ1) is 22.3. The van der Waals surface area contributed by atoms with E-state index >= 15 is 0 Å². The number of hydrogen-bond acceptors (Lipinski definition) is 4. The molecule has 0 saturated carbocycles. The van der Waals surface area contributed by atoms with Gasteiger partial charge in [0.15, 0.2) is 0 Å². The molecule has 0 saturated heterocycles. The molecule has 0 fully saturated rings. The lowest BCUT2D eigenvalue weighted by Gasteiger charge is -2.21. The fourth-order valence-corrected chi connectivity index (χ4v) is 3.80. The summed E-state index contributed by atoms with van der Waals surface area (Å²) in [5, 5.41) is 14.5. The van der Waals surface area contributed by atoms with Gasteiger partial charge >= 0.3 is 12.1 Å². The largest absolute Gasteiger partial charge is 0.480 e. The Balaban J connectivity index is 1.59. The topological polar surface area (TPSA) is 105 Å². The van der Waals surface area contributed by atoms with E-state index in [0.717, 1.165) is 22.3 Å². The van der Waals surface area contributed by atoms with Crippen molar-refractivity contribution in [3.8, 4) is 11.1 Å². The van der Waals surface area contributed by atoms with Gasteiger partial charge in [-0.2, -0.15) is 0 Å². The van der Waals surface area contributed by atoms with Gasteiger partial charge in [-0.1, -0.05) is 48.5 Å². The Labute approximate surface area is 181 Å². The maximum atomic E-state index is 12.3. The molecule has 2 amide bonds. The highest BCUT2D eigenvalue weighted by Crippen LogP contribution is 2.44. The third-order valence-corrected chi connectivity index (χ3v) is 5.11. The number of aliphatic carboxylic acids is 1. The normalized spacial score (nSPS) is 13.6. The highest BCUT2D eigenvalue weighted by Gasteiger charge is 2.30. The van der Waals surface area contributed by atoms with Gasteiger partial charge in [0, 0.05) is 17.9 Å². The number of amides is 2. The zero-order chi connectivity index (χ0) is 22.6. The summed E-state index contributed by atoms with van der Waals surface area (Å²) in [4.78, 5) is 35.8. The van der Waals surface area contributed by atoms with Crippen molar-refractivity contribution in [3.63, 3.8) is 0 Å². The Morgan fingerprint density at radius 3 is 2.06 bits per heavy atom. The number of hydrogen-bond donors (Lipinski definition) is 3. The summed E-state index contributed by atoms with van der Waals surface area (Å²) in [5.74, 6) is -1.59. The third-order valence-electron chi connectivity index (χ3n) is 5.11. The SMILES string of the molecule is CC(C)(C)NC(=O)CC[C@H](NC(=O)OCC1c2ccccc2-c2ccccc21)C(=O)O. The molecule has 7 nitrogen and oxygen atoms in total. The summed E-state index contributed by atoms with van der Waals surface area (Å²) in [7, 11) is 0. The Kier molecular flexibility index (Phi) is 6.63. The molecule has 2 aromatic carbocycles. The molecule has 1 aliphatic rings. The minimum Gasteiger partial charge on any atom is -0.480 e. The van der Waals surface area contributed by atoms with E-state index in [0.29, 0.717) is 0 Å². The lowest BCUT2D eigenvalue weighted by molar-refractivity contribution is -0.139. The number of benzene rings is 2. The van der Waals surface area contributed by atoms with E-state index < -0.39 is 23.6 Å². The van der Waals surface area contributed by atoms with Crippen molar-refractivity contribution in [2.75, 3.05) is 6.61 Å². The first-order chi connectivity index (χ1) is 14.7. The molecule has 3 N–H and O–H groups in total. The van der Waals surface area contributed by atoms with Crippen LogP contribution in [0.15, 0.2) is 48.5 Å². The van der Waals surface area contributed by atoms with Crippen LogP contribution in [0, 0.1) is 0 Å². The van der Waals surface area contributed by atoms with Crippen molar-refractivity contribution in [2.45, 2.75) is 51.1 Å². The van der Waals surface area contributed by atoms with Crippen molar-refractivity contribution in [1.29, 1.82) is 0 Å². The molecule has 1 aliphatic carbocycles. The molecule has 0 heterocycles. The van der Waals surface area contributed by atoms with Gasteiger partial charge in [-0.05, 0) is 49.4 Å². The van der Waals surface area contributed by atoms with Gasteiger partial charge in [-0.3, -0.25) is 4.79 Å². The average molecular weight is 424 g/mol. The van der Waals surface area contributed by atoms with E-state index in [4.69, 9.17) is 4.74 Å². The van der Waals surface area contributed by atoms with Crippen molar-refractivity contribution in [1.82, 2.24) is 10.6 Å². The molecule has 31 heavy (non-hydrogen) atoms. The Hall–Kier alpha value is -3.35. The molecular formula is C24H28N2O5. The number of fused-ring (bicyclic) bond motifs is 3. The Morgan fingerprint density at radius 2 is 1.55 bits per heavy atom. The summed E-state index contributed by atoms with van der Waals surface area (Å²) in [6, 6.07) is 14.7. The van der Waals surface area contributed by atoms with E-state index in [-0.39, 0.29) is 31.3 Å². The van der Waals surface area contributed by atoms with Crippen LogP contribution in [0.3, 0.4) is 0 Å². The second-order valence-corrected chi connectivity index (χ2v) is 8.70. The average Bonchev–Trinajstić information content (AvgIpc) is 3.02. The molecule has 0 bridgehead atoms. The minimum absolute atomic E-state index is 0.0160. The fourth-order valence-electron chi connectivity index (χ4n) is 3.80. The lowest BCUT2D eigenvalue weighted by atomic mass is 9.98. The summed E-state index contributed by atoms with van der Waals surface area (Å²) < 4.78 is 5.39. The minimum atomic E-state index is -1.21. The van der Waals surface area contributed by atoms with E-state index in [1.165, 1.54) is 0 Å². The number of ether oxygens (including phenoxy) is 1. The van der Waals surface area contributed by atoms with Gasteiger partial charge in [0.05, 0.1) is 0 Å². The van der Waals surface area contributed by atoms with Crippen molar-refractivity contribution >= 4 is 18.0 Å². The van der Waals surface area contributed by atoms with Crippen LogP contribution in [-0.2, 0) is 14.3 Å². The fraction of sp³-hybridized carbons (Fsp3) is 0.375. The van der Waals surface area contributed by atoms with Gasteiger partial charge in [0.2, 0.25) is 5.91 Å². The first-order valence-corrected chi connectivity index (χ1v) is 10.3. The number of carboxylic acids is 1. The molecule has 0 spiro atoms. The summed E-state index contributed by atoms with van der Waals surface area (Å²) in [6.07, 6.45) is -0.857. The highest BCUT2D eigenvalue weighted by molar-refractivity contribution is 5.82. The van der Waals surface area contributed by atoms with Gasteiger partial charge in [-0.15, -0.1) is 0 Å². The Bertz CT molecular complexity index is 934. The summed E-state index contributed by atoms with van der Waals surface area (Å²) >= 11 is 0. The molecule has 2 aromatic rings. The van der Waals surface area contributed by atoms with E-state index in [2.05, 4.69) is 10.6 Å². The second kappa shape index (κ2) is 9.20. The number of alkyl carbamates (subject to hydrolysis) is 1. The third kappa shape index (κ3) is 5.63. The van der Waals surface area contributed by atoms with Gasteiger partial charge in [0.25, 0.3) is 0 Å². The second-order valence-electron chi connectivity index (χ2n) is 8.70. The number of carbonyl (C=O) groups excluding carboxylic acids is 2. The molecule has 164 valence electrons. The van der Waals surface area contributed by atoms with Crippen LogP contribution in [0.2, 0.25) is 0 Å².